The van der Waals surface area contributed by atoms with Crippen molar-refractivity contribution >= 4 is 35.2 Å². The lowest BCUT2D eigenvalue weighted by Gasteiger charge is -2.23. The normalized spacial score (nSPS) is 20.7. The maximum Gasteiger partial charge on any atom is 0.326 e. The molecule has 3 amide bonds. The first-order valence-corrected chi connectivity index (χ1v) is 7.75. The third kappa shape index (κ3) is 2.84. The van der Waals surface area contributed by atoms with Gasteiger partial charge in [-0.1, -0.05) is 11.6 Å². The van der Waals surface area contributed by atoms with Gasteiger partial charge in [-0.2, -0.15) is 0 Å². The summed E-state index contributed by atoms with van der Waals surface area (Å²) in [5.74, 6) is -1.43. The van der Waals surface area contributed by atoms with E-state index in [1.165, 1.54) is 9.80 Å². The van der Waals surface area contributed by atoms with Crippen molar-refractivity contribution in [2.24, 2.45) is 0 Å². The Morgan fingerprint density at radius 3 is 2.74 bits per heavy atom. The highest BCUT2D eigenvalue weighted by Crippen LogP contribution is 2.28. The van der Waals surface area contributed by atoms with Crippen LogP contribution in [0, 0.1) is 0 Å². The second kappa shape index (κ2) is 6.08. The second-order valence-electron chi connectivity index (χ2n) is 5.54. The predicted octanol–water partition coefficient (Wildman–Crippen LogP) is 1.56. The quantitative estimate of drug-likeness (QED) is 0.875. The first kappa shape index (κ1) is 15.6. The summed E-state index contributed by atoms with van der Waals surface area (Å²) in [5, 5.41) is 12.2. The molecule has 0 bridgehead atoms. The number of nitrogens with one attached hydrogen (secondary N) is 1. The van der Waals surface area contributed by atoms with Gasteiger partial charge in [-0.3, -0.25) is 9.69 Å². The summed E-state index contributed by atoms with van der Waals surface area (Å²) in [7, 11) is 0. The van der Waals surface area contributed by atoms with E-state index >= 15 is 0 Å². The Morgan fingerprint density at radius 1 is 1.30 bits per heavy atom. The monoisotopic (exact) mass is 337 g/mol. The average Bonchev–Trinajstić information content (AvgIpc) is 3.16. The molecule has 2 aliphatic rings. The number of halogens is 1. The van der Waals surface area contributed by atoms with Crippen LogP contribution in [0.2, 0.25) is 5.02 Å². The molecule has 1 atom stereocenters. The van der Waals surface area contributed by atoms with Gasteiger partial charge < -0.3 is 15.3 Å². The van der Waals surface area contributed by atoms with Crippen LogP contribution in [0.4, 0.5) is 10.5 Å². The molecule has 1 aromatic carbocycles. The standard InChI is InChI=1S/C15H16ClN3O4/c16-11-4-3-9(18-7-5-17-15(18)23)8-10(11)13(20)19-6-1-2-12(19)14(21)22/h3-4,8,12H,1-2,5-7H2,(H,17,23)(H,21,22)/t12-/m1/s1. The van der Waals surface area contributed by atoms with Gasteiger partial charge in [0.15, 0.2) is 0 Å². The number of carboxylic acids is 1. The van der Waals surface area contributed by atoms with Crippen molar-refractivity contribution in [1.82, 2.24) is 10.2 Å². The molecule has 1 aromatic rings. The summed E-state index contributed by atoms with van der Waals surface area (Å²) in [6, 6.07) is 3.73. The van der Waals surface area contributed by atoms with Crippen molar-refractivity contribution in [3.63, 3.8) is 0 Å². The Bertz CT molecular complexity index is 679. The molecule has 8 heteroatoms. The molecule has 0 saturated carbocycles. The van der Waals surface area contributed by atoms with E-state index in [1.54, 1.807) is 18.2 Å². The zero-order valence-electron chi connectivity index (χ0n) is 12.3. The van der Waals surface area contributed by atoms with E-state index in [9.17, 15) is 19.5 Å². The Hall–Kier alpha value is -2.28. The van der Waals surface area contributed by atoms with Crippen LogP contribution in [0.15, 0.2) is 18.2 Å². The Morgan fingerprint density at radius 2 is 2.09 bits per heavy atom. The molecule has 2 N–H and O–H groups in total. The van der Waals surface area contributed by atoms with Crippen molar-refractivity contribution in [3.05, 3.63) is 28.8 Å². The van der Waals surface area contributed by atoms with Crippen LogP contribution in [-0.2, 0) is 4.79 Å². The van der Waals surface area contributed by atoms with Gasteiger partial charge in [-0.15, -0.1) is 0 Å². The van der Waals surface area contributed by atoms with Crippen LogP contribution in [0.25, 0.3) is 0 Å². The minimum Gasteiger partial charge on any atom is -0.480 e. The van der Waals surface area contributed by atoms with E-state index in [-0.39, 0.29) is 16.6 Å². The van der Waals surface area contributed by atoms with Crippen LogP contribution in [0.5, 0.6) is 0 Å². The third-order valence-electron chi connectivity index (χ3n) is 4.15. The Balaban J connectivity index is 1.91. The number of carbonyl (C=O) groups excluding carboxylic acids is 2. The number of urea groups is 1. The van der Waals surface area contributed by atoms with Crippen LogP contribution >= 0.6 is 11.6 Å². The van der Waals surface area contributed by atoms with E-state index in [2.05, 4.69) is 5.32 Å². The van der Waals surface area contributed by atoms with E-state index < -0.39 is 17.9 Å². The molecule has 2 aliphatic heterocycles. The van der Waals surface area contributed by atoms with E-state index in [4.69, 9.17) is 11.6 Å². The number of amides is 3. The fourth-order valence-corrected chi connectivity index (χ4v) is 3.18. The van der Waals surface area contributed by atoms with Crippen molar-refractivity contribution < 1.29 is 19.5 Å². The summed E-state index contributed by atoms with van der Waals surface area (Å²) >= 11 is 6.13. The molecule has 2 fully saturated rings. The van der Waals surface area contributed by atoms with Gasteiger partial charge in [0.05, 0.1) is 10.6 Å². The summed E-state index contributed by atoms with van der Waals surface area (Å²) in [6.45, 7) is 1.44. The molecule has 0 aromatic heterocycles. The topological polar surface area (TPSA) is 89.9 Å². The smallest absolute Gasteiger partial charge is 0.326 e. The second-order valence-corrected chi connectivity index (χ2v) is 5.95. The van der Waals surface area contributed by atoms with Crippen molar-refractivity contribution in [2.75, 3.05) is 24.5 Å². The lowest BCUT2D eigenvalue weighted by atomic mass is 10.1. The average molecular weight is 338 g/mol. The van der Waals surface area contributed by atoms with Gasteiger partial charge in [-0.05, 0) is 31.0 Å². The molecular weight excluding hydrogens is 322 g/mol. The number of carbonyl (C=O) groups is 3. The zero-order chi connectivity index (χ0) is 16.6. The maximum atomic E-state index is 12.7. The summed E-state index contributed by atoms with van der Waals surface area (Å²) in [5.41, 5.74) is 0.788. The SMILES string of the molecule is O=C(O)[C@H]1CCCN1C(=O)c1cc(N2CCNC2=O)ccc1Cl. The largest absolute Gasteiger partial charge is 0.480 e. The highest BCUT2D eigenvalue weighted by molar-refractivity contribution is 6.34. The van der Waals surface area contributed by atoms with Crippen LogP contribution in [-0.4, -0.2) is 53.6 Å². The van der Waals surface area contributed by atoms with E-state index in [0.717, 1.165) is 0 Å². The number of likely N-dealkylation sites (tertiary alicyclic amines) is 1. The minimum absolute atomic E-state index is 0.219. The van der Waals surface area contributed by atoms with Gasteiger partial charge in [0.25, 0.3) is 5.91 Å². The number of rotatable bonds is 3. The van der Waals surface area contributed by atoms with Crippen LogP contribution < -0.4 is 10.2 Å². The van der Waals surface area contributed by atoms with E-state index in [0.29, 0.717) is 38.2 Å². The Labute approximate surface area is 137 Å². The maximum absolute atomic E-state index is 12.7. The molecule has 3 rings (SSSR count). The van der Waals surface area contributed by atoms with Crippen molar-refractivity contribution in [3.8, 4) is 0 Å². The zero-order valence-corrected chi connectivity index (χ0v) is 13.0. The molecule has 0 unspecified atom stereocenters. The number of anilines is 1. The molecular formula is C15H16ClN3O4. The summed E-state index contributed by atoms with van der Waals surface area (Å²) in [4.78, 5) is 38.6. The van der Waals surface area contributed by atoms with Crippen LogP contribution in [0.3, 0.4) is 0 Å². The number of hydrogen-bond acceptors (Lipinski definition) is 3. The van der Waals surface area contributed by atoms with Gasteiger partial charge in [0.1, 0.15) is 6.04 Å². The van der Waals surface area contributed by atoms with Gasteiger partial charge in [-0.25, -0.2) is 9.59 Å². The lowest BCUT2D eigenvalue weighted by Crippen LogP contribution is -2.40. The Kier molecular flexibility index (Phi) is 4.12. The van der Waals surface area contributed by atoms with Crippen LogP contribution in [0.1, 0.15) is 23.2 Å². The molecule has 23 heavy (non-hydrogen) atoms. The molecule has 0 spiro atoms. The molecule has 0 radical (unpaired) electrons. The molecule has 2 saturated heterocycles. The number of aliphatic carboxylic acids is 1. The predicted molar refractivity (Wildman–Crippen MR) is 83.9 cm³/mol. The fourth-order valence-electron chi connectivity index (χ4n) is 2.98. The summed E-state index contributed by atoms with van der Waals surface area (Å²) < 4.78 is 0. The first-order valence-electron chi connectivity index (χ1n) is 7.37. The van der Waals surface area contributed by atoms with Gasteiger partial charge in [0, 0.05) is 25.3 Å². The molecule has 2 heterocycles. The molecule has 122 valence electrons. The highest BCUT2D eigenvalue weighted by atomic mass is 35.5. The van der Waals surface area contributed by atoms with Gasteiger partial charge >= 0.3 is 12.0 Å². The third-order valence-corrected chi connectivity index (χ3v) is 4.48. The number of hydrogen-bond donors (Lipinski definition) is 2. The number of benzene rings is 1. The number of carboxylic acid groups (broad SMARTS) is 1. The van der Waals surface area contributed by atoms with E-state index in [1.807, 2.05) is 0 Å². The molecule has 7 nitrogen and oxygen atoms in total. The minimum atomic E-state index is -1.01. The fraction of sp³-hybridized carbons (Fsp3) is 0.400. The lowest BCUT2D eigenvalue weighted by molar-refractivity contribution is -0.141. The first-order chi connectivity index (χ1) is 11.0. The van der Waals surface area contributed by atoms with Crippen molar-refractivity contribution in [1.29, 1.82) is 0 Å². The summed E-state index contributed by atoms with van der Waals surface area (Å²) in [6.07, 6.45) is 1.08. The molecule has 0 aliphatic carbocycles. The highest BCUT2D eigenvalue weighted by Gasteiger charge is 2.35. The number of nitrogens with zero attached hydrogens (tertiary/aromatic N) is 2. The van der Waals surface area contributed by atoms with Gasteiger partial charge in [0.2, 0.25) is 0 Å². The van der Waals surface area contributed by atoms with Crippen molar-refractivity contribution in [2.45, 2.75) is 18.9 Å².